The molecule has 1 aliphatic heterocycles. The van der Waals surface area contributed by atoms with E-state index < -0.39 is 0 Å². The van der Waals surface area contributed by atoms with Crippen LogP contribution >= 0.6 is 0 Å². The highest BCUT2D eigenvalue weighted by atomic mass is 19.1. The summed E-state index contributed by atoms with van der Waals surface area (Å²) in [7, 11) is 0. The molecule has 1 amide bonds. The fraction of sp³-hybridized carbons (Fsp3) is 0.263. The van der Waals surface area contributed by atoms with Crippen LogP contribution in [0.5, 0.6) is 0 Å². The number of amides is 1. The molecule has 0 bridgehead atoms. The lowest BCUT2D eigenvalue weighted by atomic mass is 10.00. The van der Waals surface area contributed by atoms with Crippen LogP contribution in [0, 0.1) is 12.7 Å². The first kappa shape index (κ1) is 17.1. The van der Waals surface area contributed by atoms with Gasteiger partial charge >= 0.3 is 0 Å². The monoisotopic (exact) mass is 367 g/mol. The largest absolute Gasteiger partial charge is 0.338 e. The Morgan fingerprint density at radius 1 is 1.33 bits per heavy atom. The lowest BCUT2D eigenvalue weighted by Crippen LogP contribution is -2.37. The van der Waals surface area contributed by atoms with Crippen LogP contribution in [0.15, 0.2) is 35.3 Å². The van der Waals surface area contributed by atoms with Gasteiger partial charge in [-0.05, 0) is 19.1 Å². The maximum Gasteiger partial charge on any atom is 0.254 e. The van der Waals surface area contributed by atoms with Gasteiger partial charge in [-0.15, -0.1) is 0 Å². The van der Waals surface area contributed by atoms with Crippen LogP contribution in [0.4, 0.5) is 4.39 Å². The minimum absolute atomic E-state index is 0.0230. The molecule has 2 N–H and O–H groups in total. The quantitative estimate of drug-likeness (QED) is 0.737. The molecule has 1 aromatic carbocycles. The zero-order valence-electron chi connectivity index (χ0n) is 14.8. The molecule has 0 saturated carbocycles. The lowest BCUT2D eigenvalue weighted by molar-refractivity contribution is -0.131. The Kier molecular flexibility index (Phi) is 4.31. The van der Waals surface area contributed by atoms with Gasteiger partial charge in [-0.2, -0.15) is 5.10 Å². The summed E-state index contributed by atoms with van der Waals surface area (Å²) in [4.78, 5) is 33.0. The summed E-state index contributed by atoms with van der Waals surface area (Å²) >= 11 is 0. The maximum absolute atomic E-state index is 14.2. The number of carbonyl (C=O) groups is 1. The number of hydrogen-bond acceptors (Lipinski definition) is 4. The van der Waals surface area contributed by atoms with Crippen LogP contribution in [0.1, 0.15) is 22.6 Å². The van der Waals surface area contributed by atoms with Crippen LogP contribution in [-0.4, -0.2) is 37.5 Å². The molecule has 2 aromatic heterocycles. The average molecular weight is 367 g/mol. The van der Waals surface area contributed by atoms with E-state index in [0.29, 0.717) is 42.2 Å². The summed E-state index contributed by atoms with van der Waals surface area (Å²) < 4.78 is 14.2. The van der Waals surface area contributed by atoms with E-state index >= 15 is 0 Å². The summed E-state index contributed by atoms with van der Waals surface area (Å²) in [6.07, 6.45) is 2.01. The third kappa shape index (κ3) is 3.25. The van der Waals surface area contributed by atoms with Crippen molar-refractivity contribution < 1.29 is 9.18 Å². The Hall–Kier alpha value is -3.29. The number of aryl methyl sites for hydroxylation is 1. The number of aromatic amines is 2. The van der Waals surface area contributed by atoms with Gasteiger partial charge in [0.25, 0.3) is 5.56 Å². The molecule has 0 aliphatic carbocycles. The second-order valence-corrected chi connectivity index (χ2v) is 6.57. The summed E-state index contributed by atoms with van der Waals surface area (Å²) in [6, 6.07) is 6.44. The molecule has 1 aliphatic rings. The Morgan fingerprint density at radius 2 is 2.15 bits per heavy atom. The van der Waals surface area contributed by atoms with Gasteiger partial charge in [-0.1, -0.05) is 12.1 Å². The Labute approximate surface area is 154 Å². The predicted octanol–water partition coefficient (Wildman–Crippen LogP) is 1.73. The van der Waals surface area contributed by atoms with E-state index in [2.05, 4.69) is 20.2 Å². The molecule has 0 fully saturated rings. The lowest BCUT2D eigenvalue weighted by Gasteiger charge is -2.27. The van der Waals surface area contributed by atoms with E-state index in [1.807, 2.05) is 0 Å². The molecule has 0 radical (unpaired) electrons. The number of carbonyl (C=O) groups excluding carboxylic acids is 1. The number of H-pyrrole nitrogens is 2. The molecule has 0 saturated heterocycles. The van der Waals surface area contributed by atoms with Crippen molar-refractivity contribution in [2.75, 3.05) is 6.54 Å². The number of fused-ring (bicyclic) bond motifs is 1. The molecule has 0 unspecified atom stereocenters. The van der Waals surface area contributed by atoms with E-state index in [9.17, 15) is 14.0 Å². The van der Waals surface area contributed by atoms with Crippen molar-refractivity contribution in [3.63, 3.8) is 0 Å². The fourth-order valence-corrected chi connectivity index (χ4v) is 3.29. The zero-order valence-corrected chi connectivity index (χ0v) is 14.8. The van der Waals surface area contributed by atoms with Gasteiger partial charge in [-0.3, -0.25) is 14.7 Å². The van der Waals surface area contributed by atoms with Crippen molar-refractivity contribution >= 4 is 5.91 Å². The fourth-order valence-electron chi connectivity index (χ4n) is 3.29. The van der Waals surface area contributed by atoms with Gasteiger partial charge in [0.2, 0.25) is 5.91 Å². The first-order valence-electron chi connectivity index (χ1n) is 8.66. The third-order valence-electron chi connectivity index (χ3n) is 4.76. The highest BCUT2D eigenvalue weighted by Crippen LogP contribution is 2.30. The van der Waals surface area contributed by atoms with Crippen molar-refractivity contribution in [1.29, 1.82) is 0 Å². The minimum atomic E-state index is -0.354. The molecule has 8 heteroatoms. The second kappa shape index (κ2) is 6.79. The summed E-state index contributed by atoms with van der Waals surface area (Å²) in [6.45, 7) is 2.52. The summed E-state index contributed by atoms with van der Waals surface area (Å²) in [5, 5.41) is 7.22. The first-order chi connectivity index (χ1) is 13.0. The number of benzene rings is 1. The number of aromatic nitrogens is 4. The normalized spacial score (nSPS) is 13.5. The number of hydrogen-bond donors (Lipinski definition) is 2. The van der Waals surface area contributed by atoms with Crippen LogP contribution in [0.25, 0.3) is 11.3 Å². The Balaban J connectivity index is 1.58. The molecule has 3 aromatic rings. The molecule has 4 rings (SSSR count). The van der Waals surface area contributed by atoms with Gasteiger partial charge in [0.05, 0.1) is 6.42 Å². The SMILES string of the molecule is Cc1ncc(CC(=O)N2CCc3[nH]nc(-c4ccccc4F)c3C2)c(=O)[nH]1. The van der Waals surface area contributed by atoms with Crippen LogP contribution in [0.3, 0.4) is 0 Å². The van der Waals surface area contributed by atoms with Gasteiger partial charge in [0, 0.05) is 48.1 Å². The average Bonchev–Trinajstić information content (AvgIpc) is 3.07. The topological polar surface area (TPSA) is 94.7 Å². The molecule has 27 heavy (non-hydrogen) atoms. The van der Waals surface area contributed by atoms with E-state index in [4.69, 9.17) is 0 Å². The van der Waals surface area contributed by atoms with Crippen molar-refractivity contribution in [3.05, 3.63) is 69.3 Å². The number of nitrogens with zero attached hydrogens (tertiary/aromatic N) is 3. The Bertz CT molecular complexity index is 1070. The van der Waals surface area contributed by atoms with Gasteiger partial charge in [0.15, 0.2) is 0 Å². The van der Waals surface area contributed by atoms with Crippen molar-refractivity contribution in [1.82, 2.24) is 25.1 Å². The van der Waals surface area contributed by atoms with Crippen molar-refractivity contribution in [3.8, 4) is 11.3 Å². The number of rotatable bonds is 3. The van der Waals surface area contributed by atoms with Gasteiger partial charge < -0.3 is 9.88 Å². The molecule has 138 valence electrons. The highest BCUT2D eigenvalue weighted by Gasteiger charge is 2.27. The van der Waals surface area contributed by atoms with Crippen molar-refractivity contribution in [2.24, 2.45) is 0 Å². The highest BCUT2D eigenvalue weighted by molar-refractivity contribution is 5.79. The van der Waals surface area contributed by atoms with Crippen molar-refractivity contribution in [2.45, 2.75) is 26.3 Å². The van der Waals surface area contributed by atoms with E-state index in [1.165, 1.54) is 12.3 Å². The summed E-state index contributed by atoms with van der Waals surface area (Å²) in [5.74, 6) is -0.0169. The summed E-state index contributed by atoms with van der Waals surface area (Å²) in [5.41, 5.74) is 2.68. The van der Waals surface area contributed by atoms with Gasteiger partial charge in [0.1, 0.15) is 17.3 Å². The van der Waals surface area contributed by atoms with Gasteiger partial charge in [-0.25, -0.2) is 9.37 Å². The van der Waals surface area contributed by atoms with E-state index in [0.717, 1.165) is 11.3 Å². The first-order valence-corrected chi connectivity index (χ1v) is 8.66. The number of halogens is 1. The molecular formula is C19H18FN5O2. The predicted molar refractivity (Wildman–Crippen MR) is 96.4 cm³/mol. The van der Waals surface area contributed by atoms with E-state index in [-0.39, 0.29) is 23.7 Å². The molecule has 3 heterocycles. The molecule has 0 atom stereocenters. The standard InChI is InChI=1S/C19H18FN5O2/c1-11-21-9-12(19(27)22-11)8-17(26)25-7-6-16-14(10-25)18(24-23-16)13-4-2-3-5-15(13)20/h2-5,9H,6-8,10H2,1H3,(H,23,24)(H,21,22,27). The molecule has 0 spiro atoms. The van der Waals surface area contributed by atoms with E-state index in [1.54, 1.807) is 30.0 Å². The van der Waals surface area contributed by atoms with Crippen LogP contribution in [-0.2, 0) is 24.2 Å². The Morgan fingerprint density at radius 3 is 2.93 bits per heavy atom. The minimum Gasteiger partial charge on any atom is -0.338 e. The number of nitrogens with one attached hydrogen (secondary N) is 2. The van der Waals surface area contributed by atoms with Crippen LogP contribution < -0.4 is 5.56 Å². The smallest absolute Gasteiger partial charge is 0.254 e. The third-order valence-corrected chi connectivity index (χ3v) is 4.76. The molecule has 7 nitrogen and oxygen atoms in total. The maximum atomic E-state index is 14.2. The molecular weight excluding hydrogens is 349 g/mol. The second-order valence-electron chi connectivity index (χ2n) is 6.57. The zero-order chi connectivity index (χ0) is 19.0. The van der Waals surface area contributed by atoms with Crippen LogP contribution in [0.2, 0.25) is 0 Å².